The summed E-state index contributed by atoms with van der Waals surface area (Å²) in [7, 11) is 0. The molecule has 4 rings (SSSR count). The highest BCUT2D eigenvalue weighted by atomic mass is 16.5. The number of carbonyl (C=O) groups is 1. The van der Waals surface area contributed by atoms with Gasteiger partial charge in [0.05, 0.1) is 11.0 Å². The number of hydrogen-bond donors (Lipinski definition) is 2. The number of amides is 1. The summed E-state index contributed by atoms with van der Waals surface area (Å²) in [5.41, 5.74) is -0.107. The average Bonchev–Trinajstić information content (AvgIpc) is 3.13. The summed E-state index contributed by atoms with van der Waals surface area (Å²) in [6, 6.07) is 9.17. The van der Waals surface area contributed by atoms with E-state index >= 15 is 0 Å². The molecule has 6 heteroatoms. The number of benzene rings is 1. The van der Waals surface area contributed by atoms with Crippen molar-refractivity contribution in [1.29, 1.82) is 0 Å². The van der Waals surface area contributed by atoms with Crippen molar-refractivity contribution in [2.45, 2.75) is 44.1 Å². The van der Waals surface area contributed by atoms with Crippen molar-refractivity contribution in [2.24, 2.45) is 5.92 Å². The monoisotopic (exact) mass is 340 g/mol. The lowest BCUT2D eigenvalue weighted by Crippen LogP contribution is -2.42. The van der Waals surface area contributed by atoms with Crippen LogP contribution < -0.4 is 10.6 Å². The summed E-state index contributed by atoms with van der Waals surface area (Å²) in [5.74, 6) is 1.74. The molecule has 2 aromatic rings. The van der Waals surface area contributed by atoms with Gasteiger partial charge in [0.2, 0.25) is 5.89 Å². The Kier molecular flexibility index (Phi) is 3.87. The lowest BCUT2D eigenvalue weighted by Gasteiger charge is -2.24. The topological polar surface area (TPSA) is 80.0 Å². The van der Waals surface area contributed by atoms with Gasteiger partial charge in [0.25, 0.3) is 5.91 Å². The number of rotatable bonds is 5. The second-order valence-electron chi connectivity index (χ2n) is 7.73. The molecular formula is C19H24N4O2. The van der Waals surface area contributed by atoms with Gasteiger partial charge in [-0.15, -0.1) is 0 Å². The van der Waals surface area contributed by atoms with Gasteiger partial charge in [0.15, 0.2) is 5.82 Å². The van der Waals surface area contributed by atoms with Gasteiger partial charge < -0.3 is 15.2 Å². The second kappa shape index (κ2) is 5.95. The molecule has 2 fully saturated rings. The van der Waals surface area contributed by atoms with Crippen LogP contribution in [0.1, 0.15) is 55.2 Å². The van der Waals surface area contributed by atoms with Crippen LogP contribution >= 0.6 is 0 Å². The Hall–Kier alpha value is -2.21. The van der Waals surface area contributed by atoms with E-state index in [9.17, 15) is 4.79 Å². The molecule has 1 saturated carbocycles. The maximum atomic E-state index is 12.5. The normalized spacial score (nSPS) is 23.6. The van der Waals surface area contributed by atoms with E-state index in [2.05, 4.69) is 15.8 Å². The third kappa shape index (κ3) is 2.95. The molecule has 1 aromatic carbocycles. The summed E-state index contributed by atoms with van der Waals surface area (Å²) in [5, 5.41) is 10.7. The van der Waals surface area contributed by atoms with E-state index in [1.54, 1.807) is 12.1 Å². The summed E-state index contributed by atoms with van der Waals surface area (Å²) in [4.78, 5) is 17.2. The van der Waals surface area contributed by atoms with E-state index < -0.39 is 5.54 Å². The molecule has 1 aromatic heterocycles. The zero-order valence-electron chi connectivity index (χ0n) is 14.7. The predicted molar refractivity (Wildman–Crippen MR) is 93.1 cm³/mol. The number of nitrogens with one attached hydrogen (secondary N) is 2. The van der Waals surface area contributed by atoms with Crippen LogP contribution in [0.15, 0.2) is 34.9 Å². The van der Waals surface area contributed by atoms with Crippen molar-refractivity contribution in [3.8, 4) is 0 Å². The molecule has 1 unspecified atom stereocenters. The van der Waals surface area contributed by atoms with Gasteiger partial charge >= 0.3 is 0 Å². The third-order valence-corrected chi connectivity index (χ3v) is 5.42. The van der Waals surface area contributed by atoms with E-state index in [4.69, 9.17) is 9.51 Å². The lowest BCUT2D eigenvalue weighted by atomic mass is 9.81. The molecule has 132 valence electrons. The number of aromatic nitrogens is 2. The first kappa shape index (κ1) is 16.3. The van der Waals surface area contributed by atoms with E-state index in [-0.39, 0.29) is 11.3 Å². The Bertz CT molecular complexity index is 759. The molecule has 1 atom stereocenters. The Morgan fingerprint density at radius 3 is 2.72 bits per heavy atom. The Morgan fingerprint density at radius 2 is 2.08 bits per heavy atom. The van der Waals surface area contributed by atoms with E-state index in [0.29, 0.717) is 17.3 Å². The average molecular weight is 340 g/mol. The van der Waals surface area contributed by atoms with Gasteiger partial charge in [-0.3, -0.25) is 4.79 Å². The molecule has 2 aliphatic rings. The van der Waals surface area contributed by atoms with Gasteiger partial charge in [-0.1, -0.05) is 23.4 Å². The predicted octanol–water partition coefficient (Wildman–Crippen LogP) is 2.38. The van der Waals surface area contributed by atoms with Crippen molar-refractivity contribution >= 4 is 5.91 Å². The summed E-state index contributed by atoms with van der Waals surface area (Å²) < 4.78 is 5.67. The van der Waals surface area contributed by atoms with Crippen molar-refractivity contribution in [1.82, 2.24) is 20.8 Å². The van der Waals surface area contributed by atoms with Gasteiger partial charge in [0.1, 0.15) is 0 Å². The fourth-order valence-corrected chi connectivity index (χ4v) is 3.73. The smallest absolute Gasteiger partial charge is 0.252 e. The molecule has 2 N–H and O–H groups in total. The minimum atomic E-state index is -0.703. The fourth-order valence-electron chi connectivity index (χ4n) is 3.73. The van der Waals surface area contributed by atoms with Crippen LogP contribution in [-0.4, -0.2) is 29.1 Å². The molecule has 1 saturated heterocycles. The van der Waals surface area contributed by atoms with Crippen molar-refractivity contribution < 1.29 is 9.32 Å². The van der Waals surface area contributed by atoms with Crippen LogP contribution in [0.3, 0.4) is 0 Å². The van der Waals surface area contributed by atoms with Crippen LogP contribution in [0.5, 0.6) is 0 Å². The highest BCUT2D eigenvalue weighted by Crippen LogP contribution is 2.50. The molecule has 2 heterocycles. The van der Waals surface area contributed by atoms with E-state index in [0.717, 1.165) is 25.4 Å². The minimum Gasteiger partial charge on any atom is -0.340 e. The largest absolute Gasteiger partial charge is 0.340 e. The molecule has 6 nitrogen and oxygen atoms in total. The van der Waals surface area contributed by atoms with Crippen LogP contribution in [0.25, 0.3) is 0 Å². The first-order valence-electron chi connectivity index (χ1n) is 8.94. The third-order valence-electron chi connectivity index (χ3n) is 5.42. The molecule has 25 heavy (non-hydrogen) atoms. The summed E-state index contributed by atoms with van der Waals surface area (Å²) >= 11 is 0. The molecular weight excluding hydrogens is 316 g/mol. The van der Waals surface area contributed by atoms with E-state index in [1.807, 2.05) is 32.0 Å². The Morgan fingerprint density at radius 1 is 1.32 bits per heavy atom. The quantitative estimate of drug-likeness (QED) is 0.873. The van der Waals surface area contributed by atoms with Crippen molar-refractivity contribution in [3.05, 3.63) is 47.6 Å². The molecule has 1 amide bonds. The SMILES string of the molecule is CC(C)(NC(=O)c1ccccc1)c1noc(C2(C3CC3)CCNC2)n1. The summed E-state index contributed by atoms with van der Waals surface area (Å²) in [6.45, 7) is 5.69. The van der Waals surface area contributed by atoms with Gasteiger partial charge in [-0.2, -0.15) is 4.98 Å². The van der Waals surface area contributed by atoms with Crippen molar-refractivity contribution in [3.63, 3.8) is 0 Å². The fraction of sp³-hybridized carbons (Fsp3) is 0.526. The van der Waals surface area contributed by atoms with E-state index in [1.165, 1.54) is 12.8 Å². The molecule has 0 spiro atoms. The zero-order valence-corrected chi connectivity index (χ0v) is 14.7. The Balaban J connectivity index is 1.55. The molecule has 1 aliphatic heterocycles. The standard InChI is InChI=1S/C19H24N4O2/c1-18(2,22-15(24)13-6-4-3-5-7-13)16-21-17(25-23-16)19(14-8-9-14)10-11-20-12-19/h3-7,14,20H,8-12H2,1-2H3,(H,22,24). The first-order valence-corrected chi connectivity index (χ1v) is 8.94. The van der Waals surface area contributed by atoms with Crippen LogP contribution in [-0.2, 0) is 11.0 Å². The summed E-state index contributed by atoms with van der Waals surface area (Å²) in [6.07, 6.45) is 3.50. The highest BCUT2D eigenvalue weighted by Gasteiger charge is 2.52. The minimum absolute atomic E-state index is 0.0230. The van der Waals surface area contributed by atoms with Crippen LogP contribution in [0.2, 0.25) is 0 Å². The first-order chi connectivity index (χ1) is 12.0. The molecule has 0 radical (unpaired) electrons. The lowest BCUT2D eigenvalue weighted by molar-refractivity contribution is 0.0907. The number of nitrogens with zero attached hydrogens (tertiary/aromatic N) is 2. The number of hydrogen-bond acceptors (Lipinski definition) is 5. The maximum Gasteiger partial charge on any atom is 0.252 e. The molecule has 0 bridgehead atoms. The number of carbonyl (C=O) groups excluding carboxylic acids is 1. The van der Waals surface area contributed by atoms with Gasteiger partial charge in [0, 0.05) is 12.1 Å². The maximum absolute atomic E-state index is 12.5. The highest BCUT2D eigenvalue weighted by molar-refractivity contribution is 5.94. The second-order valence-corrected chi connectivity index (χ2v) is 7.73. The van der Waals surface area contributed by atoms with Crippen LogP contribution in [0, 0.1) is 5.92 Å². The van der Waals surface area contributed by atoms with Crippen molar-refractivity contribution in [2.75, 3.05) is 13.1 Å². The van der Waals surface area contributed by atoms with Gasteiger partial charge in [-0.05, 0) is 57.7 Å². The zero-order chi connectivity index (χ0) is 17.5. The van der Waals surface area contributed by atoms with Crippen LogP contribution in [0.4, 0.5) is 0 Å². The molecule has 1 aliphatic carbocycles. The Labute approximate surface area is 147 Å². The van der Waals surface area contributed by atoms with Gasteiger partial charge in [-0.25, -0.2) is 0 Å².